The van der Waals surface area contributed by atoms with Crippen LogP contribution in [-0.2, 0) is 11.2 Å². The summed E-state index contributed by atoms with van der Waals surface area (Å²) in [6.07, 6.45) is 0.394. The van der Waals surface area contributed by atoms with Gasteiger partial charge in [0.05, 0.1) is 10.0 Å². The third-order valence-electron chi connectivity index (χ3n) is 2.98. The molecule has 110 valence electrons. The molecule has 0 spiro atoms. The molecule has 0 fully saturated rings. The van der Waals surface area contributed by atoms with Crippen molar-refractivity contribution in [1.29, 1.82) is 0 Å². The number of halogens is 2. The molecule has 2 aromatic rings. The van der Waals surface area contributed by atoms with Crippen LogP contribution in [0.1, 0.15) is 11.1 Å². The van der Waals surface area contributed by atoms with Gasteiger partial charge in [-0.05, 0) is 43.2 Å². The number of hydrogen-bond donors (Lipinski definition) is 1. The minimum Gasteiger partial charge on any atom is -0.480 e. The van der Waals surface area contributed by atoms with Crippen LogP contribution in [0, 0.1) is 6.92 Å². The smallest absolute Gasteiger partial charge is 0.317 e. The highest BCUT2D eigenvalue weighted by molar-refractivity contribution is 8.00. The zero-order valence-electron chi connectivity index (χ0n) is 11.3. The molecule has 0 aliphatic rings. The fraction of sp³-hybridized carbons (Fsp3) is 0.188. The topological polar surface area (TPSA) is 37.3 Å². The van der Waals surface area contributed by atoms with E-state index in [1.807, 2.05) is 31.2 Å². The summed E-state index contributed by atoms with van der Waals surface area (Å²) in [5, 5.41) is 9.74. The van der Waals surface area contributed by atoms with Gasteiger partial charge in [0.25, 0.3) is 0 Å². The Labute approximate surface area is 138 Å². The molecule has 2 rings (SSSR count). The Morgan fingerprint density at radius 1 is 1.14 bits per heavy atom. The number of aryl methyl sites for hydroxylation is 1. The monoisotopic (exact) mass is 340 g/mol. The molecule has 2 nitrogen and oxygen atoms in total. The van der Waals surface area contributed by atoms with Crippen molar-refractivity contribution in [2.75, 3.05) is 0 Å². The zero-order chi connectivity index (χ0) is 15.4. The van der Waals surface area contributed by atoms with Crippen molar-refractivity contribution in [3.05, 3.63) is 63.6 Å². The van der Waals surface area contributed by atoms with E-state index in [1.54, 1.807) is 18.2 Å². The predicted molar refractivity (Wildman–Crippen MR) is 88.6 cm³/mol. The number of aliphatic carboxylic acids is 1. The zero-order valence-corrected chi connectivity index (χ0v) is 13.7. The van der Waals surface area contributed by atoms with Gasteiger partial charge in [-0.3, -0.25) is 4.79 Å². The summed E-state index contributed by atoms with van der Waals surface area (Å²) in [7, 11) is 0. The molecule has 0 saturated heterocycles. The molecule has 0 amide bonds. The summed E-state index contributed by atoms with van der Waals surface area (Å²) in [5.41, 5.74) is 2.01. The lowest BCUT2D eigenvalue weighted by atomic mass is 10.1. The number of rotatable bonds is 5. The van der Waals surface area contributed by atoms with Gasteiger partial charge in [0.2, 0.25) is 0 Å². The van der Waals surface area contributed by atoms with Crippen molar-refractivity contribution in [3.63, 3.8) is 0 Å². The number of hydrogen-bond acceptors (Lipinski definition) is 2. The van der Waals surface area contributed by atoms with E-state index in [2.05, 4.69) is 0 Å². The van der Waals surface area contributed by atoms with Gasteiger partial charge in [-0.1, -0.05) is 47.0 Å². The molecule has 5 heteroatoms. The van der Waals surface area contributed by atoms with Crippen LogP contribution >= 0.6 is 35.0 Å². The normalized spacial score (nSPS) is 12.1. The van der Waals surface area contributed by atoms with E-state index < -0.39 is 11.2 Å². The summed E-state index contributed by atoms with van der Waals surface area (Å²) >= 11 is 13.2. The fourth-order valence-corrected chi connectivity index (χ4v) is 3.16. The van der Waals surface area contributed by atoms with Crippen molar-refractivity contribution in [3.8, 4) is 0 Å². The van der Waals surface area contributed by atoms with Crippen molar-refractivity contribution in [2.45, 2.75) is 23.5 Å². The first kappa shape index (κ1) is 16.2. The first-order valence-corrected chi connectivity index (χ1v) is 7.99. The minimum absolute atomic E-state index is 0.394. The molecule has 0 aliphatic carbocycles. The molecule has 2 aromatic carbocycles. The van der Waals surface area contributed by atoms with E-state index >= 15 is 0 Å². The van der Waals surface area contributed by atoms with E-state index in [4.69, 9.17) is 23.2 Å². The summed E-state index contributed by atoms with van der Waals surface area (Å²) < 4.78 is 0. The minimum atomic E-state index is -0.841. The molecule has 0 saturated carbocycles. The van der Waals surface area contributed by atoms with Gasteiger partial charge in [0.1, 0.15) is 5.25 Å². The maximum absolute atomic E-state index is 11.4. The first-order valence-electron chi connectivity index (χ1n) is 6.36. The Hall–Kier alpha value is -1.16. The maximum Gasteiger partial charge on any atom is 0.317 e. The fourth-order valence-electron chi connectivity index (χ4n) is 1.84. The van der Waals surface area contributed by atoms with Crippen LogP contribution < -0.4 is 0 Å². The van der Waals surface area contributed by atoms with Crippen LogP contribution in [0.4, 0.5) is 0 Å². The molecule has 0 unspecified atom stereocenters. The quantitative estimate of drug-likeness (QED) is 0.770. The number of thioether (sulfide) groups is 1. The summed E-state index contributed by atoms with van der Waals surface area (Å²) in [5.74, 6) is -0.841. The number of carboxylic acids is 1. The highest BCUT2D eigenvalue weighted by Crippen LogP contribution is 2.29. The van der Waals surface area contributed by atoms with Crippen LogP contribution in [-0.4, -0.2) is 16.3 Å². The molecular formula is C16H14Cl2O2S. The summed E-state index contributed by atoms with van der Waals surface area (Å²) in [6, 6.07) is 13.0. The van der Waals surface area contributed by atoms with Crippen molar-refractivity contribution < 1.29 is 9.90 Å². The van der Waals surface area contributed by atoms with Crippen LogP contribution in [0.5, 0.6) is 0 Å². The van der Waals surface area contributed by atoms with Gasteiger partial charge in [0, 0.05) is 4.90 Å². The van der Waals surface area contributed by atoms with Crippen molar-refractivity contribution >= 4 is 40.9 Å². The Kier molecular flexibility index (Phi) is 5.57. The second-order valence-electron chi connectivity index (χ2n) is 4.71. The molecule has 0 aromatic heterocycles. The highest BCUT2D eigenvalue weighted by atomic mass is 35.5. The lowest BCUT2D eigenvalue weighted by molar-refractivity contribution is -0.136. The van der Waals surface area contributed by atoms with E-state index in [0.717, 1.165) is 16.0 Å². The molecule has 1 N–H and O–H groups in total. The number of carboxylic acid groups (broad SMARTS) is 1. The largest absolute Gasteiger partial charge is 0.480 e. The molecule has 0 heterocycles. The van der Waals surface area contributed by atoms with Gasteiger partial charge in [-0.15, -0.1) is 11.8 Å². The molecule has 0 radical (unpaired) electrons. The third kappa shape index (κ3) is 4.67. The lowest BCUT2D eigenvalue weighted by Crippen LogP contribution is -2.19. The van der Waals surface area contributed by atoms with Gasteiger partial charge in [0.15, 0.2) is 0 Å². The Morgan fingerprint density at radius 2 is 1.81 bits per heavy atom. The summed E-state index contributed by atoms with van der Waals surface area (Å²) in [6.45, 7) is 2.00. The SMILES string of the molecule is Cc1ccc(S[C@H](Cc2ccc(Cl)c(Cl)c2)C(=O)O)cc1. The molecule has 0 bridgehead atoms. The summed E-state index contributed by atoms with van der Waals surface area (Å²) in [4.78, 5) is 12.4. The average molecular weight is 341 g/mol. The van der Waals surface area contributed by atoms with Crippen LogP contribution in [0.15, 0.2) is 47.4 Å². The molecular weight excluding hydrogens is 327 g/mol. The maximum atomic E-state index is 11.4. The first-order chi connectivity index (χ1) is 9.95. The number of carbonyl (C=O) groups is 1. The second-order valence-corrected chi connectivity index (χ2v) is 6.80. The van der Waals surface area contributed by atoms with Gasteiger partial charge in [-0.2, -0.15) is 0 Å². The lowest BCUT2D eigenvalue weighted by Gasteiger charge is -2.13. The Morgan fingerprint density at radius 3 is 2.38 bits per heavy atom. The van der Waals surface area contributed by atoms with Crippen LogP contribution in [0.25, 0.3) is 0 Å². The van der Waals surface area contributed by atoms with Crippen molar-refractivity contribution in [1.82, 2.24) is 0 Å². The van der Waals surface area contributed by atoms with Gasteiger partial charge in [-0.25, -0.2) is 0 Å². The molecule has 1 atom stereocenters. The molecule has 21 heavy (non-hydrogen) atoms. The standard InChI is InChI=1S/C16H14Cl2O2S/c1-10-2-5-12(6-3-10)21-15(16(19)20)9-11-4-7-13(17)14(18)8-11/h2-8,15H,9H2,1H3,(H,19,20)/t15-/m1/s1. The number of benzene rings is 2. The van der Waals surface area contributed by atoms with E-state index in [1.165, 1.54) is 11.8 Å². The third-order valence-corrected chi connectivity index (χ3v) is 4.92. The Balaban J connectivity index is 2.13. The van der Waals surface area contributed by atoms with E-state index in [-0.39, 0.29) is 0 Å². The van der Waals surface area contributed by atoms with E-state index in [0.29, 0.717) is 16.5 Å². The van der Waals surface area contributed by atoms with Crippen LogP contribution in [0.3, 0.4) is 0 Å². The van der Waals surface area contributed by atoms with Gasteiger partial charge >= 0.3 is 5.97 Å². The van der Waals surface area contributed by atoms with Crippen molar-refractivity contribution in [2.24, 2.45) is 0 Å². The predicted octanol–water partition coefficient (Wildman–Crippen LogP) is 5.09. The highest BCUT2D eigenvalue weighted by Gasteiger charge is 2.20. The van der Waals surface area contributed by atoms with E-state index in [9.17, 15) is 9.90 Å². The Bertz CT molecular complexity index is 641. The van der Waals surface area contributed by atoms with Crippen LogP contribution in [0.2, 0.25) is 10.0 Å². The average Bonchev–Trinajstić information content (AvgIpc) is 2.44. The second kappa shape index (κ2) is 7.21. The molecule has 0 aliphatic heterocycles. The van der Waals surface area contributed by atoms with Gasteiger partial charge < -0.3 is 5.11 Å².